The van der Waals surface area contributed by atoms with E-state index in [1.165, 1.54) is 11.1 Å². The maximum atomic E-state index is 11.3. The fourth-order valence-electron chi connectivity index (χ4n) is 1.63. The van der Waals surface area contributed by atoms with Gasteiger partial charge in [0.25, 0.3) is 0 Å². The molecule has 2 aromatic carbocycles. The van der Waals surface area contributed by atoms with Crippen LogP contribution >= 0.6 is 0 Å². The van der Waals surface area contributed by atoms with Crippen molar-refractivity contribution in [2.75, 3.05) is 14.1 Å². The Balaban J connectivity index is 2.46. The second-order valence-corrected chi connectivity index (χ2v) is 4.55. The van der Waals surface area contributed by atoms with Crippen LogP contribution in [-0.4, -0.2) is 30.2 Å². The number of carboxylic acid groups (broad SMARTS) is 1. The van der Waals surface area contributed by atoms with Crippen LogP contribution in [0.5, 0.6) is 0 Å². The molecular formula is C15H15N5O2. The van der Waals surface area contributed by atoms with Gasteiger partial charge in [-0.05, 0) is 24.3 Å². The van der Waals surface area contributed by atoms with Crippen molar-refractivity contribution in [1.82, 2.24) is 5.01 Å². The van der Waals surface area contributed by atoms with Crippen LogP contribution in [0.25, 0.3) is 0 Å². The molecule has 0 heterocycles. The second-order valence-electron chi connectivity index (χ2n) is 4.55. The van der Waals surface area contributed by atoms with Crippen molar-refractivity contribution >= 4 is 23.0 Å². The van der Waals surface area contributed by atoms with Gasteiger partial charge in [0.1, 0.15) is 11.4 Å². The molecule has 0 fully saturated rings. The summed E-state index contributed by atoms with van der Waals surface area (Å²) in [6.45, 7) is 0. The first-order valence-corrected chi connectivity index (χ1v) is 6.50. The van der Waals surface area contributed by atoms with Crippen LogP contribution < -0.4 is 0 Å². The Bertz CT molecular complexity index is 711. The van der Waals surface area contributed by atoms with E-state index in [4.69, 9.17) is 0 Å². The largest absolute Gasteiger partial charge is 0.478 e. The summed E-state index contributed by atoms with van der Waals surface area (Å²) in [4.78, 5) is 11.3. The fraction of sp³-hybridized carbons (Fsp3) is 0.133. The highest BCUT2D eigenvalue weighted by Crippen LogP contribution is 2.33. The maximum Gasteiger partial charge on any atom is 0.338 e. The molecule has 0 amide bonds. The molecule has 0 saturated heterocycles. The number of azo groups is 1. The molecule has 2 rings (SSSR count). The Hall–Kier alpha value is -3.09. The van der Waals surface area contributed by atoms with E-state index in [0.717, 1.165) is 0 Å². The monoisotopic (exact) mass is 297 g/mol. The van der Waals surface area contributed by atoms with Gasteiger partial charge in [0.15, 0.2) is 0 Å². The Labute approximate surface area is 127 Å². The van der Waals surface area contributed by atoms with E-state index in [0.29, 0.717) is 11.4 Å². The van der Waals surface area contributed by atoms with E-state index in [-0.39, 0.29) is 11.3 Å². The number of benzene rings is 2. The summed E-state index contributed by atoms with van der Waals surface area (Å²) in [6, 6.07) is 13.7. The Morgan fingerprint density at radius 1 is 0.955 bits per heavy atom. The van der Waals surface area contributed by atoms with Crippen molar-refractivity contribution in [2.45, 2.75) is 0 Å². The van der Waals surface area contributed by atoms with E-state index in [1.807, 2.05) is 18.2 Å². The van der Waals surface area contributed by atoms with E-state index < -0.39 is 5.97 Å². The van der Waals surface area contributed by atoms with Crippen molar-refractivity contribution in [3.05, 3.63) is 54.1 Å². The molecule has 0 bridgehead atoms. The third-order valence-electron chi connectivity index (χ3n) is 2.60. The lowest BCUT2D eigenvalue weighted by atomic mass is 10.1. The van der Waals surface area contributed by atoms with Crippen LogP contribution in [0.2, 0.25) is 0 Å². The van der Waals surface area contributed by atoms with E-state index >= 15 is 0 Å². The van der Waals surface area contributed by atoms with Gasteiger partial charge in [-0.2, -0.15) is 5.11 Å². The van der Waals surface area contributed by atoms with Crippen LogP contribution in [0, 0.1) is 0 Å². The highest BCUT2D eigenvalue weighted by atomic mass is 16.4. The standard InChI is InChI=1S/C15H15N5O2/c1-20(2)19-17-13-10-6-9-12(15(21)22)14(13)18-16-11-7-4-3-5-8-11/h3-10H,1-2H3,(H,21,22). The molecule has 0 aliphatic heterocycles. The molecule has 0 atom stereocenters. The number of nitrogens with zero attached hydrogens (tertiary/aromatic N) is 5. The zero-order valence-corrected chi connectivity index (χ0v) is 12.2. The molecule has 0 aromatic heterocycles. The van der Waals surface area contributed by atoms with Crippen LogP contribution in [-0.2, 0) is 0 Å². The van der Waals surface area contributed by atoms with E-state index in [2.05, 4.69) is 20.6 Å². The molecule has 7 nitrogen and oxygen atoms in total. The summed E-state index contributed by atoms with van der Waals surface area (Å²) in [5.74, 6) is -1.09. The quantitative estimate of drug-likeness (QED) is 0.656. The van der Waals surface area contributed by atoms with Crippen LogP contribution in [0.15, 0.2) is 69.1 Å². The lowest BCUT2D eigenvalue weighted by molar-refractivity contribution is 0.0698. The Kier molecular flexibility index (Phi) is 4.92. The van der Waals surface area contributed by atoms with Gasteiger partial charge < -0.3 is 5.11 Å². The molecule has 22 heavy (non-hydrogen) atoms. The van der Waals surface area contributed by atoms with Gasteiger partial charge >= 0.3 is 5.97 Å². The highest BCUT2D eigenvalue weighted by molar-refractivity contribution is 5.96. The number of hydrogen-bond donors (Lipinski definition) is 1. The van der Waals surface area contributed by atoms with Gasteiger partial charge in [0.05, 0.1) is 11.3 Å². The molecule has 0 aliphatic carbocycles. The number of carboxylic acids is 1. The normalized spacial score (nSPS) is 11.2. The third-order valence-corrected chi connectivity index (χ3v) is 2.60. The van der Waals surface area contributed by atoms with Gasteiger partial charge in [-0.25, -0.2) is 4.79 Å². The molecule has 0 radical (unpaired) electrons. The average molecular weight is 297 g/mol. The lowest BCUT2D eigenvalue weighted by Gasteiger charge is -2.05. The fourth-order valence-corrected chi connectivity index (χ4v) is 1.63. The lowest BCUT2D eigenvalue weighted by Crippen LogP contribution is -1.99. The minimum Gasteiger partial charge on any atom is -0.478 e. The van der Waals surface area contributed by atoms with Crippen LogP contribution in [0.3, 0.4) is 0 Å². The van der Waals surface area contributed by atoms with Crippen molar-refractivity contribution < 1.29 is 9.90 Å². The highest BCUT2D eigenvalue weighted by Gasteiger charge is 2.14. The first-order valence-electron chi connectivity index (χ1n) is 6.50. The zero-order chi connectivity index (χ0) is 15.9. The van der Waals surface area contributed by atoms with E-state index in [1.54, 1.807) is 38.4 Å². The molecule has 0 unspecified atom stereocenters. The number of aromatic carboxylic acids is 1. The van der Waals surface area contributed by atoms with Crippen LogP contribution in [0.4, 0.5) is 17.1 Å². The van der Waals surface area contributed by atoms with Gasteiger partial charge in [0.2, 0.25) is 0 Å². The molecule has 0 saturated carbocycles. The predicted molar refractivity (Wildman–Crippen MR) is 82.2 cm³/mol. The summed E-state index contributed by atoms with van der Waals surface area (Å²) >= 11 is 0. The molecule has 0 aliphatic rings. The van der Waals surface area contributed by atoms with Gasteiger partial charge in [0, 0.05) is 14.1 Å². The van der Waals surface area contributed by atoms with Crippen molar-refractivity contribution in [1.29, 1.82) is 0 Å². The molecule has 1 N–H and O–H groups in total. The molecule has 2 aromatic rings. The van der Waals surface area contributed by atoms with E-state index in [9.17, 15) is 9.90 Å². The number of rotatable bonds is 5. The molecule has 112 valence electrons. The topological polar surface area (TPSA) is 90.0 Å². The predicted octanol–water partition coefficient (Wildman–Crippen LogP) is 4.36. The summed E-state index contributed by atoms with van der Waals surface area (Å²) in [5.41, 5.74) is 1.16. The van der Waals surface area contributed by atoms with Crippen LogP contribution in [0.1, 0.15) is 10.4 Å². The average Bonchev–Trinajstić information content (AvgIpc) is 2.51. The van der Waals surface area contributed by atoms with Crippen molar-refractivity contribution in [3.8, 4) is 0 Å². The third kappa shape index (κ3) is 3.95. The summed E-state index contributed by atoms with van der Waals surface area (Å²) in [6.07, 6.45) is 0. The van der Waals surface area contributed by atoms with Crippen molar-refractivity contribution in [2.24, 2.45) is 20.6 Å². The van der Waals surface area contributed by atoms with Gasteiger partial charge in [-0.15, -0.1) is 10.2 Å². The first kappa shape index (κ1) is 15.3. The Morgan fingerprint density at radius 3 is 2.32 bits per heavy atom. The van der Waals surface area contributed by atoms with Crippen molar-refractivity contribution in [3.63, 3.8) is 0 Å². The zero-order valence-electron chi connectivity index (χ0n) is 12.2. The summed E-state index contributed by atoms with van der Waals surface area (Å²) in [7, 11) is 3.44. The Morgan fingerprint density at radius 2 is 1.68 bits per heavy atom. The molecule has 7 heteroatoms. The maximum absolute atomic E-state index is 11.3. The number of hydrogen-bond acceptors (Lipinski definition) is 5. The molecular weight excluding hydrogens is 282 g/mol. The minimum absolute atomic E-state index is 0.0230. The summed E-state index contributed by atoms with van der Waals surface area (Å²) in [5, 5.41) is 26.8. The summed E-state index contributed by atoms with van der Waals surface area (Å²) < 4.78 is 0. The number of carbonyl (C=O) groups is 1. The smallest absolute Gasteiger partial charge is 0.338 e. The van der Waals surface area contributed by atoms with Gasteiger partial charge in [-0.1, -0.05) is 29.5 Å². The first-order chi connectivity index (χ1) is 10.6. The minimum atomic E-state index is -1.09. The SMILES string of the molecule is CN(C)N=Nc1cccc(C(=O)O)c1N=Nc1ccccc1. The molecule has 0 spiro atoms. The second kappa shape index (κ2) is 7.07. The van der Waals surface area contributed by atoms with Gasteiger partial charge in [-0.3, -0.25) is 5.01 Å².